The first-order chi connectivity index (χ1) is 11.8. The molecule has 2 bridgehead atoms. The average molecular weight is 346 g/mol. The topological polar surface area (TPSA) is 50.8 Å². The van der Waals surface area contributed by atoms with Crippen LogP contribution in [0.4, 0.5) is 10.5 Å². The van der Waals surface area contributed by atoms with Crippen molar-refractivity contribution < 1.29 is 14.3 Å². The van der Waals surface area contributed by atoms with Crippen molar-refractivity contribution in [3.63, 3.8) is 0 Å². The molecule has 2 atom stereocenters. The third-order valence-corrected chi connectivity index (χ3v) is 5.10. The van der Waals surface area contributed by atoms with Gasteiger partial charge in [0, 0.05) is 23.8 Å². The van der Waals surface area contributed by atoms with E-state index in [1.807, 2.05) is 31.7 Å². The standard InChI is InChI=1S/C20H30N2O3/c1-13-10-14(6-9-18(13)24-5)21-15-11-16-7-8-17(12-15)22(16)19(23)25-20(2,3)4/h6,9-10,15-17,21H,7-8,11-12H2,1-5H3. The number of nitrogens with zero attached hydrogens (tertiary/aromatic N) is 1. The molecular formula is C20H30N2O3. The summed E-state index contributed by atoms with van der Waals surface area (Å²) in [5.74, 6) is 0.908. The van der Waals surface area contributed by atoms with Crippen LogP contribution >= 0.6 is 0 Å². The number of rotatable bonds is 3. The van der Waals surface area contributed by atoms with Gasteiger partial charge in [0.2, 0.25) is 0 Å². The number of amides is 1. The molecular weight excluding hydrogens is 316 g/mol. The molecule has 5 heteroatoms. The summed E-state index contributed by atoms with van der Waals surface area (Å²) in [6.45, 7) is 7.83. The van der Waals surface area contributed by atoms with Crippen molar-refractivity contribution >= 4 is 11.8 Å². The third kappa shape index (κ3) is 4.02. The minimum absolute atomic E-state index is 0.154. The molecule has 1 aromatic carbocycles. The van der Waals surface area contributed by atoms with Gasteiger partial charge in [-0.2, -0.15) is 0 Å². The maximum atomic E-state index is 12.5. The Hall–Kier alpha value is -1.91. The Morgan fingerprint density at radius 3 is 2.36 bits per heavy atom. The molecule has 2 unspecified atom stereocenters. The SMILES string of the molecule is COc1ccc(NC2CC3CCC(C2)N3C(=O)OC(C)(C)C)cc1C. The lowest BCUT2D eigenvalue weighted by molar-refractivity contribution is 0.00684. The Morgan fingerprint density at radius 2 is 1.84 bits per heavy atom. The van der Waals surface area contributed by atoms with Crippen molar-refractivity contribution in [3.8, 4) is 5.75 Å². The third-order valence-electron chi connectivity index (χ3n) is 5.10. The first kappa shape index (κ1) is 17.9. The van der Waals surface area contributed by atoms with Crippen molar-refractivity contribution in [2.45, 2.75) is 77.1 Å². The smallest absolute Gasteiger partial charge is 0.410 e. The van der Waals surface area contributed by atoms with Gasteiger partial charge in [-0.25, -0.2) is 4.79 Å². The molecule has 1 N–H and O–H groups in total. The molecule has 3 rings (SSSR count). The Kier molecular flexibility index (Phi) is 4.85. The van der Waals surface area contributed by atoms with E-state index >= 15 is 0 Å². The molecule has 138 valence electrons. The molecule has 0 aliphatic carbocycles. The van der Waals surface area contributed by atoms with E-state index in [1.165, 1.54) is 0 Å². The number of benzene rings is 1. The highest BCUT2D eigenvalue weighted by Crippen LogP contribution is 2.38. The van der Waals surface area contributed by atoms with Crippen LogP contribution in [0.3, 0.4) is 0 Å². The van der Waals surface area contributed by atoms with Gasteiger partial charge in [0.05, 0.1) is 7.11 Å². The van der Waals surface area contributed by atoms with Gasteiger partial charge in [-0.05, 0) is 77.1 Å². The van der Waals surface area contributed by atoms with E-state index in [9.17, 15) is 4.79 Å². The second-order valence-electron chi connectivity index (χ2n) is 8.27. The lowest BCUT2D eigenvalue weighted by atomic mass is 9.97. The normalized spacial score (nSPS) is 25.6. The van der Waals surface area contributed by atoms with Crippen molar-refractivity contribution in [1.29, 1.82) is 0 Å². The maximum Gasteiger partial charge on any atom is 0.410 e. The minimum atomic E-state index is -0.438. The molecule has 2 saturated heterocycles. The predicted octanol–water partition coefficient (Wildman–Crippen LogP) is 4.35. The second kappa shape index (κ2) is 6.77. The Morgan fingerprint density at radius 1 is 1.20 bits per heavy atom. The molecule has 1 amide bonds. The van der Waals surface area contributed by atoms with Crippen LogP contribution in [-0.4, -0.2) is 41.8 Å². The van der Waals surface area contributed by atoms with Gasteiger partial charge in [0.25, 0.3) is 0 Å². The fourth-order valence-corrected chi connectivity index (χ4v) is 4.11. The van der Waals surface area contributed by atoms with E-state index in [0.29, 0.717) is 6.04 Å². The number of hydrogen-bond acceptors (Lipinski definition) is 4. The minimum Gasteiger partial charge on any atom is -0.496 e. The molecule has 0 saturated carbocycles. The van der Waals surface area contributed by atoms with Crippen LogP contribution in [0, 0.1) is 6.92 Å². The summed E-state index contributed by atoms with van der Waals surface area (Å²) in [4.78, 5) is 14.5. The molecule has 0 radical (unpaired) electrons. The highest BCUT2D eigenvalue weighted by molar-refractivity contribution is 5.69. The molecule has 2 fully saturated rings. The van der Waals surface area contributed by atoms with Crippen molar-refractivity contribution in [2.75, 3.05) is 12.4 Å². The number of hydrogen-bond donors (Lipinski definition) is 1. The van der Waals surface area contributed by atoms with Gasteiger partial charge in [-0.1, -0.05) is 0 Å². The largest absolute Gasteiger partial charge is 0.496 e. The van der Waals surface area contributed by atoms with Crippen LogP contribution in [0.1, 0.15) is 52.0 Å². The summed E-state index contributed by atoms with van der Waals surface area (Å²) in [6, 6.07) is 7.15. The van der Waals surface area contributed by atoms with Crippen LogP contribution < -0.4 is 10.1 Å². The Bertz CT molecular complexity index is 624. The monoisotopic (exact) mass is 346 g/mol. The number of methoxy groups -OCH3 is 1. The fourth-order valence-electron chi connectivity index (χ4n) is 4.11. The summed E-state index contributed by atoms with van der Waals surface area (Å²) in [7, 11) is 1.69. The zero-order valence-corrected chi connectivity index (χ0v) is 16.0. The fraction of sp³-hybridized carbons (Fsp3) is 0.650. The summed E-state index contributed by atoms with van der Waals surface area (Å²) >= 11 is 0. The van der Waals surface area contributed by atoms with Gasteiger partial charge < -0.3 is 19.7 Å². The molecule has 25 heavy (non-hydrogen) atoms. The Balaban J connectivity index is 1.64. The van der Waals surface area contributed by atoms with Crippen LogP contribution in [0.2, 0.25) is 0 Å². The highest BCUT2D eigenvalue weighted by Gasteiger charge is 2.44. The predicted molar refractivity (Wildman–Crippen MR) is 99.3 cm³/mol. The highest BCUT2D eigenvalue weighted by atomic mass is 16.6. The van der Waals surface area contributed by atoms with Crippen LogP contribution in [0.5, 0.6) is 5.75 Å². The van der Waals surface area contributed by atoms with Gasteiger partial charge in [-0.15, -0.1) is 0 Å². The lowest BCUT2D eigenvalue weighted by Crippen LogP contribution is -2.51. The zero-order valence-electron chi connectivity index (χ0n) is 16.0. The van der Waals surface area contributed by atoms with Crippen LogP contribution in [-0.2, 0) is 4.74 Å². The molecule has 0 aromatic heterocycles. The molecule has 1 aromatic rings. The van der Waals surface area contributed by atoms with E-state index in [2.05, 4.69) is 24.4 Å². The van der Waals surface area contributed by atoms with E-state index in [4.69, 9.17) is 9.47 Å². The number of piperidine rings is 1. The molecule has 2 aliphatic rings. The molecule has 0 spiro atoms. The van der Waals surface area contributed by atoms with Gasteiger partial charge in [0.15, 0.2) is 0 Å². The van der Waals surface area contributed by atoms with Crippen molar-refractivity contribution in [1.82, 2.24) is 4.90 Å². The number of carbonyl (C=O) groups is 1. The first-order valence-corrected chi connectivity index (χ1v) is 9.19. The molecule has 2 aliphatic heterocycles. The first-order valence-electron chi connectivity index (χ1n) is 9.19. The quantitative estimate of drug-likeness (QED) is 0.884. The zero-order chi connectivity index (χ0) is 18.2. The second-order valence-corrected chi connectivity index (χ2v) is 8.27. The Labute approximate surface area is 150 Å². The van der Waals surface area contributed by atoms with E-state index < -0.39 is 5.60 Å². The van der Waals surface area contributed by atoms with Crippen LogP contribution in [0.15, 0.2) is 18.2 Å². The molecule has 5 nitrogen and oxygen atoms in total. The van der Waals surface area contributed by atoms with Crippen molar-refractivity contribution in [2.24, 2.45) is 0 Å². The average Bonchev–Trinajstić information content (AvgIpc) is 2.77. The summed E-state index contributed by atoms with van der Waals surface area (Å²) in [5.41, 5.74) is 1.81. The number of anilines is 1. The van der Waals surface area contributed by atoms with E-state index in [-0.39, 0.29) is 18.2 Å². The van der Waals surface area contributed by atoms with Crippen LogP contribution in [0.25, 0.3) is 0 Å². The number of aryl methyl sites for hydroxylation is 1. The molecule has 2 heterocycles. The van der Waals surface area contributed by atoms with Crippen molar-refractivity contribution in [3.05, 3.63) is 23.8 Å². The number of ether oxygens (including phenoxy) is 2. The van der Waals surface area contributed by atoms with Gasteiger partial charge >= 0.3 is 6.09 Å². The summed E-state index contributed by atoms with van der Waals surface area (Å²) < 4.78 is 10.9. The maximum absolute atomic E-state index is 12.5. The lowest BCUT2D eigenvalue weighted by Gasteiger charge is -2.40. The number of carbonyl (C=O) groups excluding carboxylic acids is 1. The van der Waals surface area contributed by atoms with E-state index in [1.54, 1.807) is 7.11 Å². The van der Waals surface area contributed by atoms with E-state index in [0.717, 1.165) is 42.7 Å². The van der Waals surface area contributed by atoms with Gasteiger partial charge in [-0.3, -0.25) is 0 Å². The number of nitrogens with one attached hydrogen (secondary N) is 1. The summed E-state index contributed by atoms with van der Waals surface area (Å²) in [6.07, 6.45) is 3.94. The summed E-state index contributed by atoms with van der Waals surface area (Å²) in [5, 5.41) is 3.65. The van der Waals surface area contributed by atoms with Gasteiger partial charge in [0.1, 0.15) is 11.4 Å². The number of fused-ring (bicyclic) bond motifs is 2.